The van der Waals surface area contributed by atoms with E-state index < -0.39 is 0 Å². The van der Waals surface area contributed by atoms with Crippen molar-refractivity contribution in [2.75, 3.05) is 0 Å². The van der Waals surface area contributed by atoms with Crippen LogP contribution in [0, 0.1) is 0 Å². The standard InChI is InChI=1S/C3H9Si.Al.2H/c1-4(2)3;;;/h1-3H3;;;. The topological polar surface area (TPSA) is 0 Å². The third-order valence-corrected chi connectivity index (χ3v) is 0. The van der Waals surface area contributed by atoms with Gasteiger partial charge in [0.1, 0.15) is 17.4 Å². The van der Waals surface area contributed by atoms with Crippen molar-refractivity contribution in [3.05, 3.63) is 0 Å². The van der Waals surface area contributed by atoms with Gasteiger partial charge in [-0.1, -0.05) is 19.6 Å². The summed E-state index contributed by atoms with van der Waals surface area (Å²) in [6.45, 7) is 6.81. The minimum Gasteiger partial charge on any atom is -0.0715 e. The van der Waals surface area contributed by atoms with Crippen molar-refractivity contribution in [2.24, 2.45) is 0 Å². The predicted octanol–water partition coefficient (Wildman–Crippen LogP) is 0.454. The maximum absolute atomic E-state index is 2.27. The van der Waals surface area contributed by atoms with Crippen molar-refractivity contribution >= 4 is 26.2 Å². The molecule has 0 aliphatic carbocycles. The molecule has 0 fully saturated rings. The molecule has 0 aromatic carbocycles. The second kappa shape index (κ2) is 4.75. The van der Waals surface area contributed by atoms with Crippen molar-refractivity contribution in [2.45, 2.75) is 19.6 Å². The first-order valence-corrected chi connectivity index (χ1v) is 4.50. The van der Waals surface area contributed by atoms with Crippen LogP contribution in [0.2, 0.25) is 19.6 Å². The molecule has 2 radical (unpaired) electrons. The molecule has 0 rings (SSSR count). The van der Waals surface area contributed by atoms with Crippen LogP contribution in [-0.2, 0) is 0 Å². The third kappa shape index (κ3) is 63.9. The fraction of sp³-hybridized carbons (Fsp3) is 1.00. The molecule has 0 aliphatic heterocycles. The van der Waals surface area contributed by atoms with Gasteiger partial charge in [0.15, 0.2) is 0 Å². The van der Waals surface area contributed by atoms with Gasteiger partial charge in [0.05, 0.1) is 0 Å². The van der Waals surface area contributed by atoms with Gasteiger partial charge in [-0.3, -0.25) is 0 Å². The summed E-state index contributed by atoms with van der Waals surface area (Å²) in [5.74, 6) is 0. The summed E-state index contributed by atoms with van der Waals surface area (Å²) in [5.41, 5.74) is 0. The molecule has 0 saturated heterocycles. The minimum absolute atomic E-state index is 0. The lowest BCUT2D eigenvalue weighted by molar-refractivity contribution is 1.91. The molecule has 0 spiro atoms. The Morgan fingerprint density at radius 1 is 1.00 bits per heavy atom. The molecule has 5 heavy (non-hydrogen) atoms. The molecule has 0 aromatic heterocycles. The van der Waals surface area contributed by atoms with E-state index in [9.17, 15) is 0 Å². The second-order valence-corrected chi connectivity index (χ2v) is 4.50. The van der Waals surface area contributed by atoms with Gasteiger partial charge in [-0.25, -0.2) is 0 Å². The molecule has 0 bridgehead atoms. The van der Waals surface area contributed by atoms with Crippen LogP contribution in [0.5, 0.6) is 0 Å². The highest BCUT2D eigenvalue weighted by Gasteiger charge is 1.72. The molecular weight excluding hydrogens is 91.1 g/mol. The van der Waals surface area contributed by atoms with Crippen LogP contribution in [0.15, 0.2) is 0 Å². The zero-order valence-electron chi connectivity index (χ0n) is 4.50. The molecule has 0 saturated carbocycles. The lowest BCUT2D eigenvalue weighted by atomic mass is 11.8. The summed E-state index contributed by atoms with van der Waals surface area (Å²) in [6, 6.07) is 0. The minimum atomic E-state index is 0. The van der Waals surface area contributed by atoms with Gasteiger partial charge < -0.3 is 0 Å². The van der Waals surface area contributed by atoms with Gasteiger partial charge in [-0.15, -0.1) is 0 Å². The molecular formula is C3H11AlSi. The molecule has 0 nitrogen and oxygen atoms in total. The number of hydrogen-bond donors (Lipinski definition) is 0. The molecule has 0 unspecified atom stereocenters. The highest BCUT2D eigenvalue weighted by atomic mass is 28.3. The van der Waals surface area contributed by atoms with Crippen molar-refractivity contribution in [3.63, 3.8) is 0 Å². The van der Waals surface area contributed by atoms with Crippen molar-refractivity contribution in [1.29, 1.82) is 0 Å². The second-order valence-electron chi connectivity index (χ2n) is 1.50. The molecule has 30 valence electrons. The Balaban J connectivity index is 0. The van der Waals surface area contributed by atoms with E-state index in [4.69, 9.17) is 0 Å². The van der Waals surface area contributed by atoms with E-state index in [-0.39, 0.29) is 26.2 Å². The summed E-state index contributed by atoms with van der Waals surface area (Å²) >= 11 is 0. The first kappa shape index (κ1) is 9.23. The van der Waals surface area contributed by atoms with Gasteiger partial charge in [0, 0.05) is 8.80 Å². The Kier molecular flexibility index (Phi) is 8.76. The average molecular weight is 102 g/mol. The van der Waals surface area contributed by atoms with E-state index in [0.29, 0.717) is 0 Å². The lowest BCUT2D eigenvalue weighted by Gasteiger charge is -1.75. The lowest BCUT2D eigenvalue weighted by Crippen LogP contribution is -1.84. The van der Waals surface area contributed by atoms with E-state index >= 15 is 0 Å². The Morgan fingerprint density at radius 3 is 1.00 bits per heavy atom. The molecule has 0 aromatic rings. The molecule has 0 N–H and O–H groups in total. The van der Waals surface area contributed by atoms with Crippen LogP contribution in [0.25, 0.3) is 0 Å². The zero-order valence-corrected chi connectivity index (χ0v) is 7.50. The molecule has 2 heteroatoms. The number of rotatable bonds is 0. The van der Waals surface area contributed by atoms with Crippen molar-refractivity contribution in [1.82, 2.24) is 0 Å². The molecule has 0 heterocycles. The van der Waals surface area contributed by atoms with E-state index in [1.165, 1.54) is 0 Å². The maximum atomic E-state index is 2.27. The largest absolute Gasteiger partial charge is 0.146 e. The Bertz CT molecular complexity index is 11.6. The van der Waals surface area contributed by atoms with Gasteiger partial charge in [-0.2, -0.15) is 0 Å². The SMILES string of the molecule is C[Si](C)C.[AlH2]. The highest BCUT2D eigenvalue weighted by molar-refractivity contribution is 6.54. The van der Waals surface area contributed by atoms with Crippen LogP contribution in [-0.4, -0.2) is 26.2 Å². The monoisotopic (exact) mass is 102 g/mol. The summed E-state index contributed by atoms with van der Waals surface area (Å²) in [6.07, 6.45) is 0. The Hall–Kier alpha value is 0.749. The highest BCUT2D eigenvalue weighted by Crippen LogP contribution is 1.68. The zero-order chi connectivity index (χ0) is 3.58. The fourth-order valence-corrected chi connectivity index (χ4v) is 0. The summed E-state index contributed by atoms with van der Waals surface area (Å²) in [7, 11) is 0.120. The summed E-state index contributed by atoms with van der Waals surface area (Å²) < 4.78 is 0. The van der Waals surface area contributed by atoms with Gasteiger partial charge >= 0.3 is 0 Å². The van der Waals surface area contributed by atoms with Gasteiger partial charge in [-0.05, 0) is 0 Å². The average Bonchev–Trinajstić information content (AvgIpc) is 0.811. The van der Waals surface area contributed by atoms with E-state index in [2.05, 4.69) is 19.6 Å². The van der Waals surface area contributed by atoms with Crippen LogP contribution >= 0.6 is 0 Å². The molecule has 0 aliphatic rings. The van der Waals surface area contributed by atoms with Gasteiger partial charge in [0.2, 0.25) is 0 Å². The van der Waals surface area contributed by atoms with Crippen molar-refractivity contribution < 1.29 is 0 Å². The van der Waals surface area contributed by atoms with Crippen LogP contribution < -0.4 is 0 Å². The third-order valence-electron chi connectivity index (χ3n) is 0. The van der Waals surface area contributed by atoms with Crippen molar-refractivity contribution in [3.8, 4) is 0 Å². The summed E-state index contributed by atoms with van der Waals surface area (Å²) in [5, 5.41) is 0. The maximum Gasteiger partial charge on any atom is 0.146 e. The molecule has 0 atom stereocenters. The normalized spacial score (nSPS) is 7.20. The van der Waals surface area contributed by atoms with E-state index in [1.807, 2.05) is 0 Å². The quantitative estimate of drug-likeness (QED) is 0.390. The van der Waals surface area contributed by atoms with Crippen LogP contribution in [0.4, 0.5) is 0 Å². The first-order chi connectivity index (χ1) is 1.73. The predicted molar refractivity (Wildman–Crippen MR) is 31.9 cm³/mol. The fourth-order valence-electron chi connectivity index (χ4n) is 0. The Morgan fingerprint density at radius 2 is 1.00 bits per heavy atom. The van der Waals surface area contributed by atoms with E-state index in [0.717, 1.165) is 0 Å². The first-order valence-electron chi connectivity index (χ1n) is 1.50. The van der Waals surface area contributed by atoms with Crippen LogP contribution in [0.1, 0.15) is 0 Å². The summed E-state index contributed by atoms with van der Waals surface area (Å²) in [4.78, 5) is 0. The van der Waals surface area contributed by atoms with Crippen LogP contribution in [0.3, 0.4) is 0 Å². The smallest absolute Gasteiger partial charge is 0.0715 e. The van der Waals surface area contributed by atoms with E-state index in [1.54, 1.807) is 0 Å². The van der Waals surface area contributed by atoms with Gasteiger partial charge in [0.25, 0.3) is 0 Å². The Labute approximate surface area is 46.3 Å². The molecule has 0 amide bonds. The number of hydrogen-bond acceptors (Lipinski definition) is 0.